The first-order valence-electron chi connectivity index (χ1n) is 11.9. The van der Waals surface area contributed by atoms with Gasteiger partial charge in [-0.2, -0.15) is 0 Å². The predicted molar refractivity (Wildman–Crippen MR) is 140 cm³/mol. The van der Waals surface area contributed by atoms with Crippen molar-refractivity contribution < 1.29 is 19.1 Å². The summed E-state index contributed by atoms with van der Waals surface area (Å²) in [6.07, 6.45) is 3.06. The molecule has 6 nitrogen and oxygen atoms in total. The minimum atomic E-state index is -0.499. The van der Waals surface area contributed by atoms with Gasteiger partial charge in [0.25, 0.3) is 5.91 Å². The number of hydrogen-bond acceptors (Lipinski definition) is 5. The lowest BCUT2D eigenvalue weighted by atomic mass is 10.1. The molecule has 1 heterocycles. The Hall–Kier alpha value is -4.45. The largest absolute Gasteiger partial charge is 0.494 e. The van der Waals surface area contributed by atoms with Gasteiger partial charge in [0.15, 0.2) is 0 Å². The molecule has 0 saturated heterocycles. The average molecular weight is 481 g/mol. The van der Waals surface area contributed by atoms with E-state index in [0.29, 0.717) is 23.6 Å². The van der Waals surface area contributed by atoms with Crippen molar-refractivity contribution in [3.05, 3.63) is 114 Å². The number of methoxy groups -OCH3 is 1. The van der Waals surface area contributed by atoms with E-state index in [4.69, 9.17) is 9.47 Å². The van der Waals surface area contributed by atoms with Crippen LogP contribution in [-0.4, -0.2) is 30.6 Å². The number of carbonyl (C=O) groups excluding carboxylic acids is 2. The van der Waals surface area contributed by atoms with Crippen LogP contribution in [0.1, 0.15) is 39.3 Å². The van der Waals surface area contributed by atoms with Gasteiger partial charge in [-0.15, -0.1) is 0 Å². The zero-order valence-electron chi connectivity index (χ0n) is 20.1. The number of nitrogens with one attached hydrogen (secondary N) is 1. The number of hydrogen-bond donors (Lipinski definition) is 1. The topological polar surface area (TPSA) is 77.5 Å². The van der Waals surface area contributed by atoms with E-state index in [9.17, 15) is 9.59 Å². The summed E-state index contributed by atoms with van der Waals surface area (Å²) in [5.41, 5.74) is 4.10. The Morgan fingerprint density at radius 2 is 1.61 bits per heavy atom. The first-order valence-corrected chi connectivity index (χ1v) is 11.9. The molecule has 0 unspecified atom stereocenters. The summed E-state index contributed by atoms with van der Waals surface area (Å²) in [5, 5.41) is 2.91. The van der Waals surface area contributed by atoms with Crippen LogP contribution in [0.2, 0.25) is 0 Å². The number of aryl methyl sites for hydroxylation is 1. The van der Waals surface area contributed by atoms with Crippen molar-refractivity contribution in [2.24, 2.45) is 0 Å². The fourth-order valence-corrected chi connectivity index (χ4v) is 3.74. The van der Waals surface area contributed by atoms with Crippen LogP contribution >= 0.6 is 0 Å². The first kappa shape index (κ1) is 24.7. The number of carbonyl (C=O) groups is 2. The van der Waals surface area contributed by atoms with Crippen LogP contribution < -0.4 is 10.1 Å². The van der Waals surface area contributed by atoms with Gasteiger partial charge >= 0.3 is 5.97 Å². The van der Waals surface area contributed by atoms with Gasteiger partial charge in [-0.25, -0.2) is 9.78 Å². The van der Waals surface area contributed by atoms with Gasteiger partial charge in [-0.3, -0.25) is 4.79 Å². The number of aromatic nitrogens is 1. The Morgan fingerprint density at radius 1 is 0.833 bits per heavy atom. The molecule has 0 atom stereocenters. The maximum atomic E-state index is 12.8. The molecule has 4 rings (SSSR count). The normalized spacial score (nSPS) is 10.5. The summed E-state index contributed by atoms with van der Waals surface area (Å²) in [6.45, 7) is 0.635. The number of unbranched alkanes of at least 4 members (excludes halogenated alkanes) is 1. The Morgan fingerprint density at radius 3 is 2.39 bits per heavy atom. The zero-order chi connectivity index (χ0) is 25.2. The molecule has 0 fully saturated rings. The quantitative estimate of drug-likeness (QED) is 0.216. The van der Waals surface area contributed by atoms with Crippen LogP contribution in [0.15, 0.2) is 97.1 Å². The predicted octanol–water partition coefficient (Wildman–Crippen LogP) is 6.19. The lowest BCUT2D eigenvalue weighted by Gasteiger charge is -2.09. The Bertz CT molecular complexity index is 1300. The van der Waals surface area contributed by atoms with Crippen molar-refractivity contribution in [3.8, 4) is 17.0 Å². The minimum Gasteiger partial charge on any atom is -0.494 e. The van der Waals surface area contributed by atoms with Crippen LogP contribution in [0.25, 0.3) is 11.3 Å². The second-order valence-corrected chi connectivity index (χ2v) is 8.25. The van der Waals surface area contributed by atoms with Gasteiger partial charge < -0.3 is 14.8 Å². The van der Waals surface area contributed by atoms with E-state index in [2.05, 4.69) is 34.6 Å². The average Bonchev–Trinajstić information content (AvgIpc) is 2.93. The van der Waals surface area contributed by atoms with Crippen LogP contribution in [-0.2, 0) is 11.2 Å². The molecule has 0 spiro atoms. The maximum Gasteiger partial charge on any atom is 0.356 e. The number of anilines is 1. The van der Waals surface area contributed by atoms with Crippen LogP contribution in [0.3, 0.4) is 0 Å². The molecule has 1 amide bonds. The molecule has 0 aliphatic heterocycles. The van der Waals surface area contributed by atoms with Crippen molar-refractivity contribution in [3.63, 3.8) is 0 Å². The Kier molecular flexibility index (Phi) is 8.44. The van der Waals surface area contributed by atoms with E-state index in [0.717, 1.165) is 30.6 Å². The number of ether oxygens (including phenoxy) is 2. The number of nitrogens with zero attached hydrogens (tertiary/aromatic N) is 1. The van der Waals surface area contributed by atoms with Crippen LogP contribution in [0.4, 0.5) is 5.69 Å². The van der Waals surface area contributed by atoms with Gasteiger partial charge in [0.2, 0.25) is 0 Å². The molecule has 182 valence electrons. The molecule has 0 aliphatic rings. The minimum absolute atomic E-state index is 0.224. The van der Waals surface area contributed by atoms with Crippen LogP contribution in [0, 0.1) is 0 Å². The summed E-state index contributed by atoms with van der Waals surface area (Å²) in [6, 6.07) is 30.0. The van der Waals surface area contributed by atoms with Crippen molar-refractivity contribution in [2.45, 2.75) is 19.3 Å². The lowest BCUT2D eigenvalue weighted by Crippen LogP contribution is -2.12. The van der Waals surface area contributed by atoms with E-state index >= 15 is 0 Å². The molecule has 3 aromatic carbocycles. The van der Waals surface area contributed by atoms with Gasteiger partial charge in [-0.1, -0.05) is 48.5 Å². The number of benzene rings is 3. The van der Waals surface area contributed by atoms with E-state index in [1.165, 1.54) is 12.7 Å². The van der Waals surface area contributed by atoms with Crippen molar-refractivity contribution in [1.82, 2.24) is 4.98 Å². The van der Waals surface area contributed by atoms with Crippen molar-refractivity contribution in [2.75, 3.05) is 19.0 Å². The van der Waals surface area contributed by atoms with Crippen molar-refractivity contribution >= 4 is 17.6 Å². The second kappa shape index (κ2) is 12.3. The molecule has 1 aromatic heterocycles. The third-order valence-corrected chi connectivity index (χ3v) is 5.65. The van der Waals surface area contributed by atoms with Gasteiger partial charge in [0.05, 0.1) is 19.4 Å². The summed E-state index contributed by atoms with van der Waals surface area (Å²) in [5.74, 6) is 0.0172. The molecule has 0 bridgehead atoms. The molecule has 0 radical (unpaired) electrons. The van der Waals surface area contributed by atoms with Gasteiger partial charge in [-0.05, 0) is 73.4 Å². The molecular formula is C30H28N2O4. The van der Waals surface area contributed by atoms with Gasteiger partial charge in [0, 0.05) is 16.8 Å². The Labute approximate surface area is 210 Å². The Balaban J connectivity index is 1.30. The highest BCUT2D eigenvalue weighted by molar-refractivity contribution is 6.04. The molecular weight excluding hydrogens is 452 g/mol. The highest BCUT2D eigenvalue weighted by Gasteiger charge is 2.11. The second-order valence-electron chi connectivity index (χ2n) is 8.25. The summed E-state index contributed by atoms with van der Waals surface area (Å²) in [4.78, 5) is 28.9. The SMILES string of the molecule is COC(=O)c1cccc(-c2cccc(NC(=O)c3ccc(OCCCCc4ccccc4)cc3)c2)n1. The standard InChI is InChI=1S/C30H28N2O4/c1-35-30(34)28-15-8-14-27(32-28)24-12-7-13-25(21-24)31-29(33)23-16-18-26(19-17-23)36-20-6-5-11-22-9-3-2-4-10-22/h2-4,7-10,12-19,21H,5-6,11,20H2,1H3,(H,31,33). The van der Waals surface area contributed by atoms with Gasteiger partial charge in [0.1, 0.15) is 11.4 Å². The van der Waals surface area contributed by atoms with Crippen molar-refractivity contribution in [1.29, 1.82) is 0 Å². The first-order chi connectivity index (χ1) is 17.6. The molecule has 6 heteroatoms. The molecule has 36 heavy (non-hydrogen) atoms. The van der Waals surface area contributed by atoms with Crippen LogP contribution in [0.5, 0.6) is 5.75 Å². The molecule has 0 saturated carbocycles. The fraction of sp³-hybridized carbons (Fsp3) is 0.167. The van der Waals surface area contributed by atoms with E-state index in [-0.39, 0.29) is 11.6 Å². The molecule has 4 aromatic rings. The molecule has 0 aliphatic carbocycles. The van der Waals surface area contributed by atoms with E-state index in [1.54, 1.807) is 36.4 Å². The number of pyridine rings is 1. The monoisotopic (exact) mass is 480 g/mol. The molecule has 1 N–H and O–H groups in total. The van der Waals surface area contributed by atoms with E-state index < -0.39 is 5.97 Å². The maximum absolute atomic E-state index is 12.8. The highest BCUT2D eigenvalue weighted by Crippen LogP contribution is 2.22. The summed E-state index contributed by atoms with van der Waals surface area (Å²) < 4.78 is 10.6. The van der Waals surface area contributed by atoms with E-state index in [1.807, 2.05) is 36.4 Å². The number of esters is 1. The highest BCUT2D eigenvalue weighted by atomic mass is 16.5. The smallest absolute Gasteiger partial charge is 0.356 e. The zero-order valence-corrected chi connectivity index (χ0v) is 20.1. The fourth-order valence-electron chi connectivity index (χ4n) is 3.74. The number of amides is 1. The number of rotatable bonds is 10. The third kappa shape index (κ3) is 6.79. The lowest BCUT2D eigenvalue weighted by molar-refractivity contribution is 0.0594. The third-order valence-electron chi connectivity index (χ3n) is 5.65. The summed E-state index contributed by atoms with van der Waals surface area (Å²) >= 11 is 0. The summed E-state index contributed by atoms with van der Waals surface area (Å²) in [7, 11) is 1.32.